The summed E-state index contributed by atoms with van der Waals surface area (Å²) in [5.41, 5.74) is 3.79. The smallest absolute Gasteiger partial charge is 0.225 e. The zero-order chi connectivity index (χ0) is 32.6. The minimum absolute atomic E-state index is 0.0334. The Bertz CT molecular complexity index is 1190. The number of aliphatic hydroxyl groups is 2. The van der Waals surface area contributed by atoms with Gasteiger partial charge in [-0.15, -0.1) is 0 Å². The van der Waals surface area contributed by atoms with Crippen LogP contribution in [-0.2, 0) is 4.79 Å². The number of para-hydroxylation sites is 1. The molecule has 0 aliphatic rings. The fourth-order valence-corrected chi connectivity index (χ4v) is 5.05. The van der Waals surface area contributed by atoms with Crippen LogP contribution >= 0.6 is 0 Å². The first-order valence-electron chi connectivity index (χ1n) is 15.8. The molecule has 0 radical (unpaired) electrons. The van der Waals surface area contributed by atoms with Crippen molar-refractivity contribution >= 4 is 22.9 Å². The Labute approximate surface area is 255 Å². The number of nitrogens with zero attached hydrogens (tertiary/aromatic N) is 2. The first-order valence-corrected chi connectivity index (χ1v) is 15.8. The maximum atomic E-state index is 13.7. The van der Waals surface area contributed by atoms with Crippen molar-refractivity contribution in [3.8, 4) is 11.1 Å². The fraction of sp³-hybridized carbons (Fsp3) is 0.528. The van der Waals surface area contributed by atoms with E-state index in [1.165, 1.54) is 12.1 Å². The molecular weight excluding hydrogens is 527 g/mol. The molecule has 1 aromatic heterocycles. The maximum absolute atomic E-state index is 13.7. The molecule has 3 aromatic rings. The molecule has 2 atom stereocenters. The summed E-state index contributed by atoms with van der Waals surface area (Å²) >= 11 is 0. The molecule has 236 valence electrons. The lowest BCUT2D eigenvalue weighted by Gasteiger charge is -2.31. The Hall–Kier alpha value is -2.96. The molecule has 0 bridgehead atoms. The molecule has 42 heavy (non-hydrogen) atoms. The van der Waals surface area contributed by atoms with Crippen molar-refractivity contribution in [2.75, 3.05) is 0 Å². The minimum Gasteiger partial charge on any atom is -0.392 e. The topological polar surface area (TPSA) is 65.7 Å². The van der Waals surface area contributed by atoms with E-state index in [1.807, 2.05) is 93.5 Å². The third kappa shape index (κ3) is 10.7. The molecule has 1 amide bonds. The van der Waals surface area contributed by atoms with Gasteiger partial charge in [0.15, 0.2) is 0 Å². The summed E-state index contributed by atoms with van der Waals surface area (Å²) in [4.78, 5) is 14.4. The predicted molar refractivity (Wildman–Crippen MR) is 179 cm³/mol. The van der Waals surface area contributed by atoms with Crippen LogP contribution < -0.4 is 0 Å². The molecule has 0 aliphatic heterocycles. The third-order valence-electron chi connectivity index (χ3n) is 6.40. The molecule has 5 nitrogen and oxygen atoms in total. The van der Waals surface area contributed by atoms with Gasteiger partial charge in [0.25, 0.3) is 0 Å². The zero-order valence-electron chi connectivity index (χ0n) is 28.1. The summed E-state index contributed by atoms with van der Waals surface area (Å²) in [6.45, 7) is 24.0. The molecule has 3 rings (SSSR count). The van der Waals surface area contributed by atoms with E-state index in [1.54, 1.807) is 23.1 Å². The summed E-state index contributed by atoms with van der Waals surface area (Å²) in [5.74, 6) is -0.418. The van der Waals surface area contributed by atoms with Crippen LogP contribution in [0.15, 0.2) is 54.6 Å². The zero-order valence-corrected chi connectivity index (χ0v) is 28.1. The lowest BCUT2D eigenvalue weighted by Crippen LogP contribution is -2.43. The monoisotopic (exact) mass is 584 g/mol. The molecule has 2 aromatic carbocycles. The van der Waals surface area contributed by atoms with Gasteiger partial charge in [-0.1, -0.05) is 78.0 Å². The fourth-order valence-electron chi connectivity index (χ4n) is 5.05. The minimum atomic E-state index is -0.954. The third-order valence-corrected chi connectivity index (χ3v) is 6.40. The van der Waals surface area contributed by atoms with Crippen LogP contribution in [0.5, 0.6) is 0 Å². The van der Waals surface area contributed by atoms with Gasteiger partial charge in [-0.05, 0) is 71.4 Å². The molecule has 0 spiro atoms. The Kier molecular flexibility index (Phi) is 18.6. The number of amides is 1. The highest BCUT2D eigenvalue weighted by Crippen LogP contribution is 2.38. The molecule has 2 N–H and O–H groups in total. The Morgan fingerprint density at radius 1 is 0.857 bits per heavy atom. The van der Waals surface area contributed by atoms with Crippen LogP contribution in [0.4, 0.5) is 4.39 Å². The first kappa shape index (κ1) is 39.0. The number of hydrogen-bond donors (Lipinski definition) is 2. The average Bonchev–Trinajstić information content (AvgIpc) is 3.29. The molecule has 0 saturated carbocycles. The number of hydrogen-bond acceptors (Lipinski definition) is 3. The van der Waals surface area contributed by atoms with Crippen LogP contribution in [0.1, 0.15) is 108 Å². The van der Waals surface area contributed by atoms with Crippen molar-refractivity contribution in [1.82, 2.24) is 9.47 Å². The highest BCUT2D eigenvalue weighted by Gasteiger charge is 2.24. The maximum Gasteiger partial charge on any atom is 0.225 e. The van der Waals surface area contributed by atoms with Gasteiger partial charge in [-0.25, -0.2) is 4.39 Å². The SMILES string of the molecule is CC.CC.CC.CC(C)N(C(=O)C[C@H](O)C[C@H](O)/C=C/c1c(-c2ccc(F)cc2)c2ccccc2n1C(C)C)C(C)C. The summed E-state index contributed by atoms with van der Waals surface area (Å²) in [7, 11) is 0. The highest BCUT2D eigenvalue weighted by molar-refractivity contribution is 6.01. The first-order chi connectivity index (χ1) is 20.0. The second-order valence-corrected chi connectivity index (χ2v) is 10.3. The van der Waals surface area contributed by atoms with Gasteiger partial charge < -0.3 is 19.7 Å². The van der Waals surface area contributed by atoms with E-state index in [2.05, 4.69) is 24.5 Å². The van der Waals surface area contributed by atoms with Crippen molar-refractivity contribution in [3.05, 3.63) is 66.1 Å². The largest absolute Gasteiger partial charge is 0.392 e. The normalized spacial score (nSPS) is 12.3. The summed E-state index contributed by atoms with van der Waals surface area (Å²) < 4.78 is 15.8. The van der Waals surface area contributed by atoms with Crippen LogP contribution in [0.2, 0.25) is 0 Å². The van der Waals surface area contributed by atoms with Crippen molar-refractivity contribution < 1.29 is 19.4 Å². The predicted octanol–water partition coefficient (Wildman–Crippen LogP) is 9.27. The van der Waals surface area contributed by atoms with Crippen LogP contribution in [-0.4, -0.2) is 49.9 Å². The van der Waals surface area contributed by atoms with Gasteiger partial charge in [0.05, 0.1) is 18.6 Å². The molecule has 0 fully saturated rings. The lowest BCUT2D eigenvalue weighted by atomic mass is 10.0. The van der Waals surface area contributed by atoms with E-state index in [9.17, 15) is 19.4 Å². The van der Waals surface area contributed by atoms with E-state index < -0.39 is 12.2 Å². The molecule has 0 saturated heterocycles. The quantitative estimate of drug-likeness (QED) is 0.250. The number of benzene rings is 2. The van der Waals surface area contributed by atoms with Crippen molar-refractivity contribution in [2.45, 2.75) is 126 Å². The molecule has 0 unspecified atom stereocenters. The number of fused-ring (bicyclic) bond motifs is 1. The van der Waals surface area contributed by atoms with Crippen molar-refractivity contribution in [2.24, 2.45) is 0 Å². The summed E-state index contributed by atoms with van der Waals surface area (Å²) in [6.07, 6.45) is 1.67. The second kappa shape index (κ2) is 20.0. The number of aliphatic hydroxyl groups excluding tert-OH is 2. The van der Waals surface area contributed by atoms with Gasteiger partial charge in [0, 0.05) is 46.7 Å². The second-order valence-electron chi connectivity index (χ2n) is 10.3. The van der Waals surface area contributed by atoms with Gasteiger partial charge in [-0.2, -0.15) is 0 Å². The Balaban J connectivity index is 0.00000263. The van der Waals surface area contributed by atoms with E-state index >= 15 is 0 Å². The number of halogens is 1. The standard InChI is InChI=1S/C30H39FN2O3.3C2H6/c1-19(2)32(20(3)4)29(36)18-25(35)17-24(34)15-16-28-30(22-11-13-23(31)14-12-22)26-9-7-8-10-27(26)33(28)21(5)6;3*1-2/h7-16,19-21,24-25,34-35H,17-18H2,1-6H3;3*1-2H3/b16-15+;;;/t24-,25-;;;/m1.../s1. The number of aromatic nitrogens is 1. The highest BCUT2D eigenvalue weighted by atomic mass is 19.1. The average molecular weight is 585 g/mol. The number of carbonyl (C=O) groups is 1. The van der Waals surface area contributed by atoms with E-state index in [4.69, 9.17) is 0 Å². The van der Waals surface area contributed by atoms with E-state index in [0.717, 1.165) is 27.7 Å². The van der Waals surface area contributed by atoms with Crippen molar-refractivity contribution in [1.29, 1.82) is 0 Å². The van der Waals surface area contributed by atoms with Gasteiger partial charge >= 0.3 is 0 Å². The summed E-state index contributed by atoms with van der Waals surface area (Å²) in [5, 5.41) is 22.3. The van der Waals surface area contributed by atoms with Gasteiger partial charge in [0.1, 0.15) is 5.82 Å². The molecule has 1 heterocycles. The number of carbonyl (C=O) groups excluding carboxylic acids is 1. The summed E-state index contributed by atoms with van der Waals surface area (Å²) in [6, 6.07) is 14.7. The Morgan fingerprint density at radius 3 is 1.88 bits per heavy atom. The van der Waals surface area contributed by atoms with E-state index in [0.29, 0.717) is 0 Å². The Morgan fingerprint density at radius 2 is 1.38 bits per heavy atom. The van der Waals surface area contributed by atoms with Crippen molar-refractivity contribution in [3.63, 3.8) is 0 Å². The molecule has 0 aliphatic carbocycles. The lowest BCUT2D eigenvalue weighted by molar-refractivity contribution is -0.137. The number of rotatable bonds is 10. The van der Waals surface area contributed by atoms with Crippen LogP contribution in [0, 0.1) is 5.82 Å². The van der Waals surface area contributed by atoms with Gasteiger partial charge in [0.2, 0.25) is 5.91 Å². The van der Waals surface area contributed by atoms with E-state index in [-0.39, 0.29) is 42.7 Å². The van der Waals surface area contributed by atoms with Gasteiger partial charge in [-0.3, -0.25) is 4.79 Å². The molecular formula is C36H57FN2O3. The van der Waals surface area contributed by atoms with Crippen LogP contribution in [0.3, 0.4) is 0 Å². The molecule has 6 heteroatoms. The van der Waals surface area contributed by atoms with Crippen LogP contribution in [0.25, 0.3) is 28.1 Å².